The maximum absolute atomic E-state index is 11.9. The molecule has 18 heavy (non-hydrogen) atoms. The number of carboxylic acid groups (broad SMARTS) is 1. The highest BCUT2D eigenvalue weighted by atomic mass is 79.9. The van der Waals surface area contributed by atoms with Crippen molar-refractivity contribution in [3.63, 3.8) is 0 Å². The first-order valence-corrected chi connectivity index (χ1v) is 6.17. The SMILES string of the molecule is COc1cc(NC(=O)C2(C(=O)O)CC2)ccc1Br. The van der Waals surface area contributed by atoms with Gasteiger partial charge in [-0.25, -0.2) is 0 Å². The molecule has 0 unspecified atom stereocenters. The first-order valence-electron chi connectivity index (χ1n) is 5.38. The van der Waals surface area contributed by atoms with Crippen molar-refractivity contribution in [2.45, 2.75) is 12.8 Å². The van der Waals surface area contributed by atoms with Crippen LogP contribution in [0.1, 0.15) is 12.8 Å². The fourth-order valence-electron chi connectivity index (χ4n) is 1.65. The minimum Gasteiger partial charge on any atom is -0.495 e. The van der Waals surface area contributed by atoms with Gasteiger partial charge in [-0.05, 0) is 40.9 Å². The van der Waals surface area contributed by atoms with Gasteiger partial charge < -0.3 is 15.2 Å². The van der Waals surface area contributed by atoms with Crippen molar-refractivity contribution >= 4 is 33.5 Å². The van der Waals surface area contributed by atoms with Crippen LogP contribution in [0.25, 0.3) is 0 Å². The molecule has 1 fully saturated rings. The van der Waals surface area contributed by atoms with Crippen molar-refractivity contribution in [1.29, 1.82) is 0 Å². The summed E-state index contributed by atoms with van der Waals surface area (Å²) in [7, 11) is 1.52. The van der Waals surface area contributed by atoms with E-state index in [1.807, 2.05) is 0 Å². The van der Waals surface area contributed by atoms with Crippen molar-refractivity contribution < 1.29 is 19.4 Å². The molecule has 0 heterocycles. The van der Waals surface area contributed by atoms with Crippen LogP contribution in [-0.2, 0) is 9.59 Å². The largest absolute Gasteiger partial charge is 0.495 e. The zero-order chi connectivity index (χ0) is 13.3. The summed E-state index contributed by atoms with van der Waals surface area (Å²) in [5, 5.41) is 11.6. The molecule has 2 N–H and O–H groups in total. The third kappa shape index (κ3) is 2.20. The van der Waals surface area contributed by atoms with Crippen LogP contribution in [0, 0.1) is 5.41 Å². The zero-order valence-corrected chi connectivity index (χ0v) is 11.3. The van der Waals surface area contributed by atoms with E-state index in [0.717, 1.165) is 4.47 Å². The highest BCUT2D eigenvalue weighted by Crippen LogP contribution is 2.46. The van der Waals surface area contributed by atoms with Crippen LogP contribution in [0.5, 0.6) is 5.75 Å². The Morgan fingerprint density at radius 2 is 2.11 bits per heavy atom. The number of ether oxygens (including phenoxy) is 1. The Balaban J connectivity index is 2.15. The van der Waals surface area contributed by atoms with Gasteiger partial charge in [0.05, 0.1) is 11.6 Å². The monoisotopic (exact) mass is 313 g/mol. The molecular weight excluding hydrogens is 302 g/mol. The second kappa shape index (κ2) is 4.61. The zero-order valence-electron chi connectivity index (χ0n) is 9.70. The summed E-state index contributed by atoms with van der Waals surface area (Å²) >= 11 is 3.30. The molecule has 96 valence electrons. The molecule has 0 radical (unpaired) electrons. The van der Waals surface area contributed by atoms with Crippen molar-refractivity contribution in [2.75, 3.05) is 12.4 Å². The summed E-state index contributed by atoms with van der Waals surface area (Å²) in [6.45, 7) is 0. The van der Waals surface area contributed by atoms with Crippen LogP contribution < -0.4 is 10.1 Å². The Bertz CT molecular complexity index is 511. The smallest absolute Gasteiger partial charge is 0.319 e. The molecule has 1 aromatic carbocycles. The number of hydrogen-bond donors (Lipinski definition) is 2. The van der Waals surface area contributed by atoms with E-state index in [0.29, 0.717) is 24.3 Å². The molecule has 1 aliphatic carbocycles. The molecule has 1 saturated carbocycles. The second-order valence-corrected chi connectivity index (χ2v) is 5.05. The van der Waals surface area contributed by atoms with E-state index >= 15 is 0 Å². The number of hydrogen-bond acceptors (Lipinski definition) is 3. The van der Waals surface area contributed by atoms with E-state index in [1.165, 1.54) is 7.11 Å². The van der Waals surface area contributed by atoms with E-state index < -0.39 is 17.3 Å². The molecular formula is C12H12BrNO4. The van der Waals surface area contributed by atoms with E-state index in [1.54, 1.807) is 18.2 Å². The van der Waals surface area contributed by atoms with Crippen molar-refractivity contribution in [1.82, 2.24) is 0 Å². The fraction of sp³-hybridized carbons (Fsp3) is 0.333. The predicted molar refractivity (Wildman–Crippen MR) is 68.6 cm³/mol. The Hall–Kier alpha value is -1.56. The molecule has 1 aromatic rings. The lowest BCUT2D eigenvalue weighted by molar-refractivity contribution is -0.147. The van der Waals surface area contributed by atoms with Crippen LogP contribution in [-0.4, -0.2) is 24.1 Å². The lowest BCUT2D eigenvalue weighted by atomic mass is 10.1. The molecule has 1 aliphatic rings. The van der Waals surface area contributed by atoms with Crippen molar-refractivity contribution in [3.8, 4) is 5.75 Å². The van der Waals surface area contributed by atoms with Gasteiger partial charge in [0.2, 0.25) is 5.91 Å². The summed E-state index contributed by atoms with van der Waals surface area (Å²) in [6.07, 6.45) is 0.781. The third-order valence-corrected chi connectivity index (χ3v) is 3.66. The first-order chi connectivity index (χ1) is 8.49. The lowest BCUT2D eigenvalue weighted by Gasteiger charge is -2.12. The number of amides is 1. The number of carbonyl (C=O) groups excluding carboxylic acids is 1. The maximum Gasteiger partial charge on any atom is 0.319 e. The van der Waals surface area contributed by atoms with Gasteiger partial charge in [0, 0.05) is 11.8 Å². The number of carboxylic acids is 1. The molecule has 5 nitrogen and oxygen atoms in total. The molecule has 6 heteroatoms. The summed E-state index contributed by atoms with van der Waals surface area (Å²) in [4.78, 5) is 22.9. The van der Waals surface area contributed by atoms with Crippen LogP contribution in [0.2, 0.25) is 0 Å². The van der Waals surface area contributed by atoms with Crippen molar-refractivity contribution in [2.24, 2.45) is 5.41 Å². The summed E-state index contributed by atoms with van der Waals surface area (Å²) in [6, 6.07) is 5.05. The van der Waals surface area contributed by atoms with Gasteiger partial charge in [-0.3, -0.25) is 9.59 Å². The van der Waals surface area contributed by atoms with Crippen LogP contribution >= 0.6 is 15.9 Å². The predicted octanol–water partition coefficient (Wildman–Crippen LogP) is 2.26. The molecule has 0 aromatic heterocycles. The van der Waals surface area contributed by atoms with Crippen LogP contribution in [0.4, 0.5) is 5.69 Å². The Labute approximate surface area is 112 Å². The normalized spacial score (nSPS) is 15.9. The van der Waals surface area contributed by atoms with Gasteiger partial charge in [0.25, 0.3) is 0 Å². The highest BCUT2D eigenvalue weighted by Gasteiger charge is 2.57. The van der Waals surface area contributed by atoms with Crippen LogP contribution in [0.15, 0.2) is 22.7 Å². The Morgan fingerprint density at radius 1 is 1.44 bits per heavy atom. The molecule has 2 rings (SSSR count). The first kappa shape index (κ1) is 12.9. The van der Waals surface area contributed by atoms with Gasteiger partial charge >= 0.3 is 5.97 Å². The van der Waals surface area contributed by atoms with Gasteiger partial charge in [-0.15, -0.1) is 0 Å². The van der Waals surface area contributed by atoms with E-state index in [2.05, 4.69) is 21.2 Å². The van der Waals surface area contributed by atoms with Crippen molar-refractivity contribution in [3.05, 3.63) is 22.7 Å². The maximum atomic E-state index is 11.9. The van der Waals surface area contributed by atoms with Gasteiger partial charge in [-0.2, -0.15) is 0 Å². The summed E-state index contributed by atoms with van der Waals surface area (Å²) in [5.41, 5.74) is -0.715. The van der Waals surface area contributed by atoms with Gasteiger partial charge in [0.15, 0.2) is 0 Å². The molecule has 0 bridgehead atoms. The average Bonchev–Trinajstić information content (AvgIpc) is 3.12. The number of anilines is 1. The molecule has 0 saturated heterocycles. The number of benzene rings is 1. The number of halogens is 1. The Morgan fingerprint density at radius 3 is 2.61 bits per heavy atom. The van der Waals surface area contributed by atoms with Crippen LogP contribution in [0.3, 0.4) is 0 Å². The molecule has 0 spiro atoms. The third-order valence-electron chi connectivity index (χ3n) is 3.00. The van der Waals surface area contributed by atoms with E-state index in [4.69, 9.17) is 9.84 Å². The van der Waals surface area contributed by atoms with E-state index in [9.17, 15) is 9.59 Å². The second-order valence-electron chi connectivity index (χ2n) is 4.19. The molecule has 0 atom stereocenters. The summed E-state index contributed by atoms with van der Waals surface area (Å²) < 4.78 is 5.87. The fourth-order valence-corrected chi connectivity index (χ4v) is 2.06. The molecule has 0 aliphatic heterocycles. The number of rotatable bonds is 4. The quantitative estimate of drug-likeness (QED) is 0.836. The number of methoxy groups -OCH3 is 1. The van der Waals surface area contributed by atoms with E-state index in [-0.39, 0.29) is 0 Å². The highest BCUT2D eigenvalue weighted by molar-refractivity contribution is 9.10. The Kier molecular flexibility index (Phi) is 3.30. The topological polar surface area (TPSA) is 75.6 Å². The van der Waals surface area contributed by atoms with Gasteiger partial charge in [0.1, 0.15) is 11.2 Å². The number of nitrogens with one attached hydrogen (secondary N) is 1. The number of aliphatic carboxylic acids is 1. The molecule has 1 amide bonds. The standard InChI is InChI=1S/C12H12BrNO4/c1-18-9-6-7(2-3-8(9)13)14-10(15)12(4-5-12)11(16)17/h2-3,6H,4-5H2,1H3,(H,14,15)(H,16,17). The lowest BCUT2D eigenvalue weighted by Crippen LogP contribution is -2.31. The van der Waals surface area contributed by atoms with Gasteiger partial charge in [-0.1, -0.05) is 0 Å². The minimum absolute atomic E-state index is 0.391. The average molecular weight is 314 g/mol. The number of carbonyl (C=O) groups is 2. The minimum atomic E-state index is -1.24. The summed E-state index contributed by atoms with van der Waals surface area (Å²) in [5.74, 6) is -0.962.